The predicted molar refractivity (Wildman–Crippen MR) is 55.7 cm³/mol. The third-order valence-corrected chi connectivity index (χ3v) is 2.27. The van der Waals surface area contributed by atoms with E-state index in [-0.39, 0.29) is 5.82 Å². The summed E-state index contributed by atoms with van der Waals surface area (Å²) < 4.78 is 12.6. The maximum atomic E-state index is 12.6. The summed E-state index contributed by atoms with van der Waals surface area (Å²) in [6.07, 6.45) is 0. The van der Waals surface area contributed by atoms with Crippen LogP contribution >= 0.6 is 11.6 Å². The van der Waals surface area contributed by atoms with Crippen LogP contribution < -0.4 is 0 Å². The van der Waals surface area contributed by atoms with Crippen molar-refractivity contribution in [3.05, 3.63) is 59.4 Å². The first-order chi connectivity index (χ1) is 6.77. The van der Waals surface area contributed by atoms with Gasteiger partial charge < -0.3 is 0 Å². The molecule has 0 fully saturated rings. The molecule has 2 heteroatoms. The highest BCUT2D eigenvalue weighted by Gasteiger charge is 2.01. The van der Waals surface area contributed by atoms with Gasteiger partial charge in [0.25, 0.3) is 0 Å². The molecule has 0 amide bonds. The fourth-order valence-electron chi connectivity index (χ4n) is 1.25. The molecule has 0 atom stereocenters. The lowest BCUT2D eigenvalue weighted by Gasteiger charge is -2.02. The molecule has 0 nitrogen and oxygen atoms in total. The Balaban J connectivity index is 2.50. The van der Waals surface area contributed by atoms with Crippen LogP contribution in [0.15, 0.2) is 42.5 Å². The maximum absolute atomic E-state index is 12.6. The molecule has 0 spiro atoms. The summed E-state index contributed by atoms with van der Waals surface area (Å²) in [5.41, 5.74) is 1.67. The number of benzene rings is 2. The summed E-state index contributed by atoms with van der Waals surface area (Å²) in [6, 6.07) is 14.6. The van der Waals surface area contributed by atoms with Crippen molar-refractivity contribution in [2.24, 2.45) is 0 Å². The zero-order chi connectivity index (χ0) is 9.97. The van der Waals surface area contributed by atoms with Gasteiger partial charge in [-0.15, -0.1) is 0 Å². The zero-order valence-corrected chi connectivity index (χ0v) is 8.05. The average Bonchev–Trinajstić information content (AvgIpc) is 2.20. The van der Waals surface area contributed by atoms with Crippen LogP contribution in [0.1, 0.15) is 0 Å². The van der Waals surface area contributed by atoms with Gasteiger partial charge in [-0.05, 0) is 29.8 Å². The lowest BCUT2D eigenvalue weighted by molar-refractivity contribution is 0.628. The Morgan fingerprint density at radius 1 is 1.07 bits per heavy atom. The standard InChI is InChI=1S/C12H7ClF/c13-12-4-2-1-3-11(12)9-5-7-10(14)8-6-9/h1-5,7-8H. The molecule has 0 aliphatic heterocycles. The van der Waals surface area contributed by atoms with Gasteiger partial charge in [0.05, 0.1) is 0 Å². The normalized spacial score (nSPS) is 10.1. The van der Waals surface area contributed by atoms with Gasteiger partial charge in [-0.2, -0.15) is 0 Å². The van der Waals surface area contributed by atoms with Crippen molar-refractivity contribution < 1.29 is 4.39 Å². The molecule has 69 valence electrons. The first kappa shape index (κ1) is 9.22. The highest BCUT2D eigenvalue weighted by molar-refractivity contribution is 6.33. The lowest BCUT2D eigenvalue weighted by Crippen LogP contribution is -1.80. The Morgan fingerprint density at radius 3 is 2.50 bits per heavy atom. The molecule has 0 aliphatic carbocycles. The van der Waals surface area contributed by atoms with E-state index in [4.69, 9.17) is 11.6 Å². The Bertz CT molecular complexity index is 434. The Hall–Kier alpha value is -1.34. The Kier molecular flexibility index (Phi) is 2.51. The molecule has 0 saturated heterocycles. The van der Waals surface area contributed by atoms with Crippen LogP contribution in [-0.4, -0.2) is 0 Å². The fraction of sp³-hybridized carbons (Fsp3) is 0. The first-order valence-corrected chi connectivity index (χ1v) is 4.57. The molecule has 14 heavy (non-hydrogen) atoms. The van der Waals surface area contributed by atoms with Gasteiger partial charge in [0, 0.05) is 10.6 Å². The zero-order valence-electron chi connectivity index (χ0n) is 7.30. The molecule has 0 bridgehead atoms. The van der Waals surface area contributed by atoms with Crippen LogP contribution in [0, 0.1) is 11.9 Å². The second kappa shape index (κ2) is 3.81. The van der Waals surface area contributed by atoms with Crippen molar-refractivity contribution in [3.8, 4) is 11.1 Å². The molecule has 1 radical (unpaired) electrons. The molecule has 2 aromatic carbocycles. The summed E-state index contributed by atoms with van der Waals surface area (Å²) in [5, 5.41) is 0.648. The van der Waals surface area contributed by atoms with Gasteiger partial charge in [0.2, 0.25) is 0 Å². The van der Waals surface area contributed by atoms with E-state index in [1.807, 2.05) is 18.2 Å². The molecule has 0 aliphatic rings. The van der Waals surface area contributed by atoms with Gasteiger partial charge in [0.1, 0.15) is 5.82 Å². The number of halogens is 2. The van der Waals surface area contributed by atoms with Crippen LogP contribution in [0.4, 0.5) is 4.39 Å². The van der Waals surface area contributed by atoms with E-state index >= 15 is 0 Å². The number of hydrogen-bond acceptors (Lipinski definition) is 0. The van der Waals surface area contributed by atoms with Gasteiger partial charge in [0.15, 0.2) is 0 Å². The maximum Gasteiger partial charge on any atom is 0.123 e. The van der Waals surface area contributed by atoms with Crippen molar-refractivity contribution in [1.29, 1.82) is 0 Å². The topological polar surface area (TPSA) is 0 Å². The van der Waals surface area contributed by atoms with Crippen LogP contribution in [-0.2, 0) is 0 Å². The monoisotopic (exact) mass is 205 g/mol. The smallest absolute Gasteiger partial charge is 0.123 e. The minimum Gasteiger partial charge on any atom is -0.207 e. The Labute approximate surface area is 87.0 Å². The molecule has 0 saturated carbocycles. The summed E-state index contributed by atoms with van der Waals surface area (Å²) in [4.78, 5) is 0. The van der Waals surface area contributed by atoms with Gasteiger partial charge in [-0.1, -0.05) is 35.9 Å². The van der Waals surface area contributed by atoms with E-state index < -0.39 is 0 Å². The van der Waals surface area contributed by atoms with E-state index in [0.29, 0.717) is 5.02 Å². The number of hydrogen-bond donors (Lipinski definition) is 0. The summed E-state index contributed by atoms with van der Waals surface area (Å²) in [6.45, 7) is 0. The second-order valence-electron chi connectivity index (χ2n) is 2.90. The summed E-state index contributed by atoms with van der Waals surface area (Å²) in [5.74, 6) is -0.291. The SMILES string of the molecule is Fc1c[c]c(-c2ccccc2Cl)cc1. The van der Waals surface area contributed by atoms with Crippen LogP contribution in [0.3, 0.4) is 0 Å². The molecular weight excluding hydrogens is 199 g/mol. The van der Waals surface area contributed by atoms with E-state index in [1.165, 1.54) is 12.1 Å². The third kappa shape index (κ3) is 1.78. The minimum atomic E-state index is -0.291. The van der Waals surface area contributed by atoms with Crippen LogP contribution in [0.5, 0.6) is 0 Å². The highest BCUT2D eigenvalue weighted by Crippen LogP contribution is 2.26. The largest absolute Gasteiger partial charge is 0.207 e. The molecule has 2 aromatic rings. The first-order valence-electron chi connectivity index (χ1n) is 4.19. The summed E-state index contributed by atoms with van der Waals surface area (Å²) in [7, 11) is 0. The minimum absolute atomic E-state index is 0.291. The van der Waals surface area contributed by atoms with Gasteiger partial charge in [-0.3, -0.25) is 0 Å². The molecule has 0 unspecified atom stereocenters. The quantitative estimate of drug-likeness (QED) is 0.662. The lowest BCUT2D eigenvalue weighted by atomic mass is 10.1. The fourth-order valence-corrected chi connectivity index (χ4v) is 1.49. The summed E-state index contributed by atoms with van der Waals surface area (Å²) >= 11 is 5.98. The van der Waals surface area contributed by atoms with Crippen molar-refractivity contribution in [2.75, 3.05) is 0 Å². The predicted octanol–water partition coefficient (Wildman–Crippen LogP) is 3.95. The van der Waals surface area contributed by atoms with Crippen LogP contribution in [0.25, 0.3) is 11.1 Å². The van der Waals surface area contributed by atoms with E-state index in [0.717, 1.165) is 11.1 Å². The molecule has 2 rings (SSSR count). The molecular formula is C12H7ClF. The molecule has 0 aromatic heterocycles. The van der Waals surface area contributed by atoms with Crippen molar-refractivity contribution >= 4 is 11.6 Å². The number of rotatable bonds is 1. The van der Waals surface area contributed by atoms with Crippen molar-refractivity contribution in [3.63, 3.8) is 0 Å². The van der Waals surface area contributed by atoms with Crippen molar-refractivity contribution in [2.45, 2.75) is 0 Å². The molecule has 0 N–H and O–H groups in total. The van der Waals surface area contributed by atoms with Gasteiger partial charge in [-0.25, -0.2) is 4.39 Å². The highest BCUT2D eigenvalue weighted by atomic mass is 35.5. The van der Waals surface area contributed by atoms with E-state index in [2.05, 4.69) is 6.07 Å². The van der Waals surface area contributed by atoms with Crippen molar-refractivity contribution in [1.82, 2.24) is 0 Å². The van der Waals surface area contributed by atoms with Gasteiger partial charge >= 0.3 is 0 Å². The third-order valence-electron chi connectivity index (χ3n) is 1.94. The molecule has 0 heterocycles. The van der Waals surface area contributed by atoms with E-state index in [1.54, 1.807) is 12.1 Å². The van der Waals surface area contributed by atoms with Crippen LogP contribution in [0.2, 0.25) is 5.02 Å². The average molecular weight is 206 g/mol. The Morgan fingerprint density at radius 2 is 1.86 bits per heavy atom. The van der Waals surface area contributed by atoms with E-state index in [9.17, 15) is 4.39 Å². The second-order valence-corrected chi connectivity index (χ2v) is 3.31.